The van der Waals surface area contributed by atoms with Gasteiger partial charge in [0.2, 0.25) is 11.8 Å². The Morgan fingerprint density at radius 3 is 2.57 bits per heavy atom. The Kier molecular flexibility index (Phi) is 6.95. The molecule has 21 heavy (non-hydrogen) atoms. The molecule has 0 heterocycles. The number of benzene rings is 1. The summed E-state index contributed by atoms with van der Waals surface area (Å²) in [6.45, 7) is 2.55. The van der Waals surface area contributed by atoms with E-state index in [4.69, 9.17) is 11.6 Å². The Balaban J connectivity index is 0.00000220. The first-order valence-electron chi connectivity index (χ1n) is 6.62. The zero-order valence-corrected chi connectivity index (χ0v) is 13.3. The molecule has 0 aromatic heterocycles. The van der Waals surface area contributed by atoms with Crippen LogP contribution in [0.3, 0.4) is 0 Å². The van der Waals surface area contributed by atoms with Gasteiger partial charge in [-0.2, -0.15) is 0 Å². The second-order valence-corrected chi connectivity index (χ2v) is 5.43. The summed E-state index contributed by atoms with van der Waals surface area (Å²) >= 11 is 5.89. The zero-order chi connectivity index (χ0) is 14.5. The number of rotatable bonds is 6. The van der Waals surface area contributed by atoms with Crippen LogP contribution in [0.5, 0.6) is 0 Å². The third kappa shape index (κ3) is 6.33. The first-order valence-corrected chi connectivity index (χ1v) is 7.00. The topological polar surface area (TPSA) is 70.2 Å². The Hall–Kier alpha value is -1.30. The summed E-state index contributed by atoms with van der Waals surface area (Å²) in [6.07, 6.45) is 2.50. The van der Waals surface area contributed by atoms with Crippen molar-refractivity contribution in [1.82, 2.24) is 5.32 Å². The van der Waals surface area contributed by atoms with E-state index in [0.29, 0.717) is 16.4 Å². The van der Waals surface area contributed by atoms with Gasteiger partial charge in [-0.1, -0.05) is 11.6 Å². The normalized spacial score (nSPS) is 13.2. The molecule has 0 spiro atoms. The van der Waals surface area contributed by atoms with Crippen molar-refractivity contribution in [2.24, 2.45) is 5.92 Å². The third-order valence-electron chi connectivity index (χ3n) is 2.98. The van der Waals surface area contributed by atoms with Gasteiger partial charge < -0.3 is 16.0 Å². The van der Waals surface area contributed by atoms with Crippen LogP contribution in [-0.2, 0) is 9.59 Å². The quantitative estimate of drug-likeness (QED) is 0.750. The average Bonchev–Trinajstić information content (AvgIpc) is 3.16. The van der Waals surface area contributed by atoms with Gasteiger partial charge in [-0.05, 0) is 43.5 Å². The van der Waals surface area contributed by atoms with Crippen LogP contribution in [0.1, 0.15) is 19.8 Å². The second-order valence-electron chi connectivity index (χ2n) is 4.99. The Bertz CT molecular complexity index is 519. The van der Waals surface area contributed by atoms with Gasteiger partial charge in [0, 0.05) is 11.9 Å². The van der Waals surface area contributed by atoms with Crippen molar-refractivity contribution >= 4 is 47.2 Å². The van der Waals surface area contributed by atoms with Crippen LogP contribution >= 0.6 is 24.0 Å². The molecule has 1 saturated carbocycles. The van der Waals surface area contributed by atoms with Gasteiger partial charge in [-0.25, -0.2) is 0 Å². The molecule has 2 rings (SSSR count). The summed E-state index contributed by atoms with van der Waals surface area (Å²) in [5.74, 6) is 0.377. The average molecular weight is 332 g/mol. The van der Waals surface area contributed by atoms with Gasteiger partial charge in [0.25, 0.3) is 0 Å². The molecule has 0 saturated heterocycles. The lowest BCUT2D eigenvalue weighted by molar-refractivity contribution is -0.116. The highest BCUT2D eigenvalue weighted by atomic mass is 35.5. The van der Waals surface area contributed by atoms with E-state index in [2.05, 4.69) is 16.0 Å². The summed E-state index contributed by atoms with van der Waals surface area (Å²) in [6, 6.07) is 4.95. The summed E-state index contributed by atoms with van der Waals surface area (Å²) in [5, 5.41) is 9.02. The van der Waals surface area contributed by atoms with Crippen molar-refractivity contribution in [2.75, 3.05) is 23.7 Å². The Morgan fingerprint density at radius 2 is 1.95 bits per heavy atom. The maximum Gasteiger partial charge on any atom is 0.238 e. The summed E-state index contributed by atoms with van der Waals surface area (Å²) in [4.78, 5) is 23.0. The van der Waals surface area contributed by atoms with Crippen LogP contribution in [0.15, 0.2) is 18.2 Å². The fourth-order valence-electron chi connectivity index (χ4n) is 1.82. The number of halogens is 2. The van der Waals surface area contributed by atoms with Crippen molar-refractivity contribution in [3.8, 4) is 0 Å². The fraction of sp³-hybridized carbons (Fsp3) is 0.429. The van der Waals surface area contributed by atoms with Gasteiger partial charge >= 0.3 is 0 Å². The van der Waals surface area contributed by atoms with E-state index in [1.807, 2.05) is 0 Å². The van der Waals surface area contributed by atoms with E-state index in [0.717, 1.165) is 12.5 Å². The fourth-order valence-corrected chi connectivity index (χ4v) is 2.00. The molecule has 3 N–H and O–H groups in total. The molecule has 0 unspecified atom stereocenters. The zero-order valence-electron chi connectivity index (χ0n) is 11.7. The molecule has 0 bridgehead atoms. The molecule has 5 nitrogen and oxygen atoms in total. The highest BCUT2D eigenvalue weighted by Gasteiger charge is 2.20. The van der Waals surface area contributed by atoms with Crippen LogP contribution in [0.25, 0.3) is 0 Å². The minimum atomic E-state index is -0.213. The number of amides is 2. The highest BCUT2D eigenvalue weighted by Crippen LogP contribution is 2.27. The molecule has 0 radical (unpaired) electrons. The van der Waals surface area contributed by atoms with E-state index >= 15 is 0 Å². The SMILES string of the molecule is CC(=O)Nc1cc(Cl)ccc1NC(=O)CNCC1CC1.Cl. The Morgan fingerprint density at radius 1 is 1.24 bits per heavy atom. The molecule has 1 aromatic carbocycles. The van der Waals surface area contributed by atoms with Gasteiger partial charge in [0.05, 0.1) is 17.9 Å². The lowest BCUT2D eigenvalue weighted by atomic mass is 10.2. The smallest absolute Gasteiger partial charge is 0.238 e. The predicted octanol–water partition coefficient (Wildman–Crippen LogP) is 2.66. The largest absolute Gasteiger partial charge is 0.324 e. The third-order valence-corrected chi connectivity index (χ3v) is 3.22. The Labute approximate surface area is 135 Å². The number of hydrogen-bond acceptors (Lipinski definition) is 3. The van der Waals surface area contributed by atoms with E-state index in [1.54, 1.807) is 18.2 Å². The van der Waals surface area contributed by atoms with Crippen LogP contribution < -0.4 is 16.0 Å². The number of nitrogens with one attached hydrogen (secondary N) is 3. The molecule has 7 heteroatoms. The molecule has 116 valence electrons. The van der Waals surface area contributed by atoms with Crippen LogP contribution in [0.4, 0.5) is 11.4 Å². The summed E-state index contributed by atoms with van der Waals surface area (Å²) in [7, 11) is 0. The molecule has 0 atom stereocenters. The first-order chi connectivity index (χ1) is 9.54. The molecule has 1 fully saturated rings. The molecule has 0 aliphatic heterocycles. The van der Waals surface area contributed by atoms with E-state index in [9.17, 15) is 9.59 Å². The lowest BCUT2D eigenvalue weighted by Crippen LogP contribution is -2.29. The van der Waals surface area contributed by atoms with Crippen molar-refractivity contribution in [2.45, 2.75) is 19.8 Å². The number of carbonyl (C=O) groups is 2. The minimum Gasteiger partial charge on any atom is -0.324 e. The monoisotopic (exact) mass is 331 g/mol. The van der Waals surface area contributed by atoms with Crippen LogP contribution in [0.2, 0.25) is 5.02 Å². The van der Waals surface area contributed by atoms with Gasteiger partial charge in [-0.15, -0.1) is 12.4 Å². The van der Waals surface area contributed by atoms with E-state index in [-0.39, 0.29) is 30.8 Å². The van der Waals surface area contributed by atoms with E-state index < -0.39 is 0 Å². The number of anilines is 2. The van der Waals surface area contributed by atoms with Gasteiger partial charge in [-0.3, -0.25) is 9.59 Å². The summed E-state index contributed by atoms with van der Waals surface area (Å²) in [5.41, 5.74) is 1.04. The number of carbonyl (C=O) groups excluding carboxylic acids is 2. The maximum absolute atomic E-state index is 11.8. The molecule has 2 amide bonds. The maximum atomic E-state index is 11.8. The van der Waals surface area contributed by atoms with Crippen molar-refractivity contribution in [3.05, 3.63) is 23.2 Å². The van der Waals surface area contributed by atoms with Crippen molar-refractivity contribution in [1.29, 1.82) is 0 Å². The van der Waals surface area contributed by atoms with Crippen LogP contribution in [0, 0.1) is 5.92 Å². The molecule has 1 aromatic rings. The number of hydrogen-bond donors (Lipinski definition) is 3. The first kappa shape index (κ1) is 17.8. The lowest BCUT2D eigenvalue weighted by Gasteiger charge is -2.12. The van der Waals surface area contributed by atoms with Crippen molar-refractivity contribution < 1.29 is 9.59 Å². The predicted molar refractivity (Wildman–Crippen MR) is 87.2 cm³/mol. The van der Waals surface area contributed by atoms with Crippen molar-refractivity contribution in [3.63, 3.8) is 0 Å². The van der Waals surface area contributed by atoms with E-state index in [1.165, 1.54) is 19.8 Å². The standard InChI is InChI=1S/C14H18ClN3O2.ClH/c1-9(19)17-13-6-11(15)4-5-12(13)18-14(20)8-16-7-10-2-3-10;/h4-6,10,16H,2-3,7-8H2,1H3,(H,17,19)(H,18,20);1H. The van der Waals surface area contributed by atoms with Gasteiger partial charge in [0.1, 0.15) is 0 Å². The highest BCUT2D eigenvalue weighted by molar-refractivity contribution is 6.31. The summed E-state index contributed by atoms with van der Waals surface area (Å²) < 4.78 is 0. The molecule has 1 aliphatic carbocycles. The second kappa shape index (κ2) is 8.22. The van der Waals surface area contributed by atoms with Crippen LogP contribution in [-0.4, -0.2) is 24.9 Å². The van der Waals surface area contributed by atoms with Gasteiger partial charge in [0.15, 0.2) is 0 Å². The molecular weight excluding hydrogens is 313 g/mol. The molecular formula is C14H19Cl2N3O2. The molecule has 1 aliphatic rings. The minimum absolute atomic E-state index is 0.